The molecule has 2 N–H and O–H groups in total. The molecule has 0 atom stereocenters. The Morgan fingerprint density at radius 2 is 2.31 bits per heavy atom. The Kier molecular flexibility index (Phi) is 4.70. The molecule has 1 rings (SSSR count). The van der Waals surface area contributed by atoms with Crippen molar-refractivity contribution in [3.63, 3.8) is 0 Å². The Morgan fingerprint density at radius 3 is 2.81 bits per heavy atom. The summed E-state index contributed by atoms with van der Waals surface area (Å²) in [6, 6.07) is 0. The molecule has 0 bridgehead atoms. The number of halogens is 1. The van der Waals surface area contributed by atoms with Crippen molar-refractivity contribution in [3.05, 3.63) is 16.1 Å². The number of carbonyl (C=O) groups is 2. The van der Waals surface area contributed by atoms with Crippen LogP contribution in [0, 0.1) is 0 Å². The van der Waals surface area contributed by atoms with Gasteiger partial charge < -0.3 is 10.6 Å². The molecule has 0 unspecified atom stereocenters. The van der Waals surface area contributed by atoms with E-state index in [9.17, 15) is 9.59 Å². The number of amides is 2. The van der Waals surface area contributed by atoms with Crippen LogP contribution in [-0.2, 0) is 21.9 Å². The first kappa shape index (κ1) is 12.9. The summed E-state index contributed by atoms with van der Waals surface area (Å²) in [4.78, 5) is 27.6. The third-order valence-corrected chi connectivity index (χ3v) is 3.03. The van der Waals surface area contributed by atoms with Gasteiger partial charge in [-0.15, -0.1) is 22.9 Å². The zero-order valence-corrected chi connectivity index (χ0v) is 10.3. The molecule has 5 nitrogen and oxygen atoms in total. The second kappa shape index (κ2) is 5.81. The second-order valence-electron chi connectivity index (χ2n) is 3.26. The molecule has 1 aromatic heterocycles. The number of nitrogens with two attached hydrogens (primary N) is 1. The average molecular weight is 262 g/mol. The van der Waals surface area contributed by atoms with Gasteiger partial charge in [-0.2, -0.15) is 0 Å². The first-order chi connectivity index (χ1) is 7.52. The molecule has 0 aliphatic rings. The van der Waals surface area contributed by atoms with E-state index in [1.165, 1.54) is 23.3 Å². The van der Waals surface area contributed by atoms with E-state index in [1.54, 1.807) is 0 Å². The van der Waals surface area contributed by atoms with E-state index in [0.717, 1.165) is 5.69 Å². The third-order valence-electron chi connectivity index (χ3n) is 1.86. The van der Waals surface area contributed by atoms with Crippen molar-refractivity contribution in [2.75, 3.05) is 13.6 Å². The minimum atomic E-state index is -0.531. The van der Waals surface area contributed by atoms with Crippen molar-refractivity contribution >= 4 is 34.8 Å². The number of alkyl halides is 1. The van der Waals surface area contributed by atoms with E-state index < -0.39 is 5.91 Å². The highest BCUT2D eigenvalue weighted by Gasteiger charge is 2.13. The van der Waals surface area contributed by atoms with Crippen LogP contribution >= 0.6 is 22.9 Å². The smallest absolute Gasteiger partial charge is 0.237 e. The standard InChI is InChI=1S/C9H12ClN3O2S/c1-13(4-7(11)14)9(15)2-8-12-6(3-10)5-16-8/h5H,2-4H2,1H3,(H2,11,14). The molecule has 88 valence electrons. The summed E-state index contributed by atoms with van der Waals surface area (Å²) in [7, 11) is 1.53. The molecule has 2 amide bonds. The van der Waals surface area contributed by atoms with E-state index in [-0.39, 0.29) is 18.9 Å². The van der Waals surface area contributed by atoms with E-state index in [2.05, 4.69) is 4.98 Å². The molecule has 1 aromatic rings. The van der Waals surface area contributed by atoms with Crippen LogP contribution in [0.5, 0.6) is 0 Å². The Balaban J connectivity index is 2.53. The van der Waals surface area contributed by atoms with Crippen LogP contribution in [0.1, 0.15) is 10.7 Å². The molecule has 0 aliphatic carbocycles. The van der Waals surface area contributed by atoms with Gasteiger partial charge in [0.05, 0.1) is 24.5 Å². The molecule has 0 aliphatic heterocycles. The number of primary amides is 1. The maximum atomic E-state index is 11.6. The molecule has 0 saturated heterocycles. The summed E-state index contributed by atoms with van der Waals surface area (Å²) in [6.07, 6.45) is 0.172. The lowest BCUT2D eigenvalue weighted by Gasteiger charge is -2.13. The highest BCUT2D eigenvalue weighted by Crippen LogP contribution is 2.12. The molecule has 0 saturated carbocycles. The van der Waals surface area contributed by atoms with Gasteiger partial charge in [-0.05, 0) is 0 Å². The van der Waals surface area contributed by atoms with Gasteiger partial charge in [0.25, 0.3) is 0 Å². The summed E-state index contributed by atoms with van der Waals surface area (Å²) in [5.74, 6) is -0.382. The lowest BCUT2D eigenvalue weighted by molar-refractivity contribution is -0.133. The Hall–Kier alpha value is -1.14. The predicted molar refractivity (Wildman–Crippen MR) is 62.2 cm³/mol. The molecule has 16 heavy (non-hydrogen) atoms. The fraction of sp³-hybridized carbons (Fsp3) is 0.444. The van der Waals surface area contributed by atoms with Gasteiger partial charge in [-0.25, -0.2) is 4.98 Å². The van der Waals surface area contributed by atoms with Gasteiger partial charge in [0.1, 0.15) is 5.01 Å². The van der Waals surface area contributed by atoms with Crippen molar-refractivity contribution in [2.45, 2.75) is 12.3 Å². The minimum absolute atomic E-state index is 0.0768. The molecule has 0 radical (unpaired) electrons. The number of carbonyl (C=O) groups excluding carboxylic acids is 2. The number of nitrogens with zero attached hydrogens (tertiary/aromatic N) is 2. The Morgan fingerprint density at radius 1 is 1.62 bits per heavy atom. The first-order valence-corrected chi connectivity index (χ1v) is 5.96. The number of hydrogen-bond acceptors (Lipinski definition) is 4. The van der Waals surface area contributed by atoms with Crippen LogP contribution in [-0.4, -0.2) is 35.3 Å². The molecular weight excluding hydrogens is 250 g/mol. The molecule has 7 heteroatoms. The number of hydrogen-bond donors (Lipinski definition) is 1. The van der Waals surface area contributed by atoms with Crippen molar-refractivity contribution in [1.82, 2.24) is 9.88 Å². The monoisotopic (exact) mass is 261 g/mol. The highest BCUT2D eigenvalue weighted by atomic mass is 35.5. The fourth-order valence-electron chi connectivity index (χ4n) is 1.08. The molecule has 0 fully saturated rings. The second-order valence-corrected chi connectivity index (χ2v) is 4.47. The van der Waals surface area contributed by atoms with Gasteiger partial charge in [-0.1, -0.05) is 0 Å². The minimum Gasteiger partial charge on any atom is -0.368 e. The molecule has 0 spiro atoms. The van der Waals surface area contributed by atoms with Crippen LogP contribution in [0.25, 0.3) is 0 Å². The summed E-state index contributed by atoms with van der Waals surface area (Å²) in [5, 5.41) is 2.50. The van der Waals surface area contributed by atoms with Crippen molar-refractivity contribution in [3.8, 4) is 0 Å². The number of thiazole rings is 1. The van der Waals surface area contributed by atoms with Gasteiger partial charge in [0, 0.05) is 12.4 Å². The molecule has 0 aromatic carbocycles. The summed E-state index contributed by atoms with van der Waals surface area (Å²) >= 11 is 6.98. The zero-order chi connectivity index (χ0) is 12.1. The maximum Gasteiger partial charge on any atom is 0.237 e. The number of likely N-dealkylation sites (N-methyl/N-ethyl adjacent to an activating group) is 1. The Labute approximate surface area is 102 Å². The Bertz CT molecular complexity index is 394. The average Bonchev–Trinajstić information content (AvgIpc) is 2.64. The van der Waals surface area contributed by atoms with Crippen LogP contribution in [0.3, 0.4) is 0 Å². The SMILES string of the molecule is CN(CC(N)=O)C(=O)Cc1nc(CCl)cs1. The number of rotatable bonds is 5. The number of aromatic nitrogens is 1. The lowest BCUT2D eigenvalue weighted by Crippen LogP contribution is -2.36. The summed E-state index contributed by atoms with van der Waals surface area (Å²) in [6.45, 7) is -0.0768. The summed E-state index contributed by atoms with van der Waals surface area (Å²) < 4.78 is 0. The van der Waals surface area contributed by atoms with Crippen molar-refractivity contribution in [1.29, 1.82) is 0 Å². The normalized spacial score (nSPS) is 10.1. The zero-order valence-electron chi connectivity index (χ0n) is 8.77. The van der Waals surface area contributed by atoms with Gasteiger partial charge in [0.2, 0.25) is 11.8 Å². The van der Waals surface area contributed by atoms with Crippen molar-refractivity contribution < 1.29 is 9.59 Å². The first-order valence-electron chi connectivity index (χ1n) is 4.54. The van der Waals surface area contributed by atoms with E-state index in [1.807, 2.05) is 5.38 Å². The molecule has 1 heterocycles. The van der Waals surface area contributed by atoms with Crippen LogP contribution in [0.4, 0.5) is 0 Å². The van der Waals surface area contributed by atoms with Gasteiger partial charge in [0.15, 0.2) is 0 Å². The molecular formula is C9H12ClN3O2S. The van der Waals surface area contributed by atoms with E-state index >= 15 is 0 Å². The van der Waals surface area contributed by atoms with Crippen LogP contribution in [0.15, 0.2) is 5.38 Å². The van der Waals surface area contributed by atoms with Crippen LogP contribution in [0.2, 0.25) is 0 Å². The lowest BCUT2D eigenvalue weighted by atomic mass is 10.3. The maximum absolute atomic E-state index is 11.6. The van der Waals surface area contributed by atoms with E-state index in [0.29, 0.717) is 10.9 Å². The third kappa shape index (κ3) is 3.79. The predicted octanol–water partition coefficient (Wildman–Crippen LogP) is 0.368. The van der Waals surface area contributed by atoms with Crippen molar-refractivity contribution in [2.24, 2.45) is 5.73 Å². The highest BCUT2D eigenvalue weighted by molar-refractivity contribution is 7.09. The van der Waals surface area contributed by atoms with Gasteiger partial charge >= 0.3 is 0 Å². The quantitative estimate of drug-likeness (QED) is 0.778. The largest absolute Gasteiger partial charge is 0.368 e. The summed E-state index contributed by atoms with van der Waals surface area (Å²) in [5.41, 5.74) is 5.74. The fourth-order valence-corrected chi connectivity index (χ4v) is 2.09. The van der Waals surface area contributed by atoms with Crippen LogP contribution < -0.4 is 5.73 Å². The van der Waals surface area contributed by atoms with E-state index in [4.69, 9.17) is 17.3 Å². The van der Waals surface area contributed by atoms with Gasteiger partial charge in [-0.3, -0.25) is 9.59 Å². The topological polar surface area (TPSA) is 76.3 Å².